The molecule has 0 atom stereocenters. The maximum Gasteiger partial charge on any atom is 0.190 e. The Morgan fingerprint density at radius 1 is 0.500 bits per heavy atom. The van der Waals surface area contributed by atoms with Crippen molar-refractivity contribution in [1.29, 1.82) is 0 Å². The molecule has 3 aromatic carbocycles. The molecule has 0 saturated heterocycles. The zero-order valence-corrected chi connectivity index (χ0v) is 20.1. The molecule has 0 N–H and O–H groups in total. The summed E-state index contributed by atoms with van der Waals surface area (Å²) in [6.45, 7) is 5.60. The zero-order valence-electron chi connectivity index (χ0n) is 20.1. The summed E-state index contributed by atoms with van der Waals surface area (Å²) in [6, 6.07) is 29.5. The molecule has 9 nitrogen and oxygen atoms in total. The molecule has 36 heavy (non-hydrogen) atoms. The molecular weight excluding hydrogens is 456 g/mol. The first kappa shape index (κ1) is 24.2. The van der Waals surface area contributed by atoms with E-state index in [1.165, 1.54) is 0 Å². The Morgan fingerprint density at radius 3 is 1.47 bits per heavy atom. The summed E-state index contributed by atoms with van der Waals surface area (Å²) in [6.07, 6.45) is 0. The van der Waals surface area contributed by atoms with E-state index in [4.69, 9.17) is 9.05 Å². The Bertz CT molecular complexity index is 1280. The molecule has 6 aromatic rings. The minimum absolute atomic E-state index is 0.746. The second-order valence-electron chi connectivity index (χ2n) is 7.66. The van der Waals surface area contributed by atoms with Gasteiger partial charge in [0.15, 0.2) is 11.5 Å². The minimum Gasteiger partial charge on any atom is -0.342 e. The van der Waals surface area contributed by atoms with Crippen molar-refractivity contribution in [3.8, 4) is 33.8 Å². The van der Waals surface area contributed by atoms with Crippen LogP contribution in [-0.4, -0.2) is 31.1 Å². The lowest BCUT2D eigenvalue weighted by Gasteiger charge is -1.92. The molecule has 6 rings (SSSR count). The highest BCUT2D eigenvalue weighted by Crippen LogP contribution is 2.21. The van der Waals surface area contributed by atoms with Crippen LogP contribution < -0.4 is 0 Å². The molecule has 0 aliphatic rings. The van der Waals surface area contributed by atoms with E-state index < -0.39 is 0 Å². The largest absolute Gasteiger partial charge is 0.342 e. The number of nitrogens with zero attached hydrogens (tertiary/aromatic N) is 6. The van der Waals surface area contributed by atoms with Crippen molar-refractivity contribution >= 4 is 0 Å². The predicted octanol–water partition coefficient (Wildman–Crippen LogP) is 6.14. The molecule has 180 valence electrons. The van der Waals surface area contributed by atoms with Gasteiger partial charge in [0.1, 0.15) is 22.8 Å². The number of aromatic nitrogens is 6. The quantitative estimate of drug-likeness (QED) is 0.294. The van der Waals surface area contributed by atoms with Crippen LogP contribution in [0.15, 0.2) is 105 Å². The van der Waals surface area contributed by atoms with Gasteiger partial charge in [-0.25, -0.2) is 4.63 Å². The Kier molecular flexibility index (Phi) is 8.06. The fraction of sp³-hybridized carbons (Fsp3) is 0.111. The summed E-state index contributed by atoms with van der Waals surface area (Å²) in [4.78, 5) is 0. The van der Waals surface area contributed by atoms with Gasteiger partial charge in [-0.05, 0) is 25.9 Å². The van der Waals surface area contributed by atoms with Crippen molar-refractivity contribution in [2.24, 2.45) is 0 Å². The Balaban J connectivity index is 0.000000127. The van der Waals surface area contributed by atoms with E-state index in [-0.39, 0.29) is 0 Å². The minimum atomic E-state index is 0.746. The highest BCUT2D eigenvalue weighted by Gasteiger charge is 2.07. The predicted molar refractivity (Wildman–Crippen MR) is 133 cm³/mol. The summed E-state index contributed by atoms with van der Waals surface area (Å²) in [7, 11) is 0. The average molecular weight is 481 g/mol. The van der Waals surface area contributed by atoms with Crippen LogP contribution in [0.4, 0.5) is 0 Å². The summed E-state index contributed by atoms with van der Waals surface area (Å²) in [5.41, 5.74) is 6.36. The lowest BCUT2D eigenvalue weighted by molar-refractivity contribution is 0.306. The van der Waals surface area contributed by atoms with Crippen LogP contribution in [0.3, 0.4) is 0 Å². The van der Waals surface area contributed by atoms with Gasteiger partial charge in [0.25, 0.3) is 0 Å². The Morgan fingerprint density at radius 2 is 1.03 bits per heavy atom. The number of aryl methyl sites for hydroxylation is 3. The molecule has 0 unspecified atom stereocenters. The standard InChI is InChI=1S/3C9H8N2O/c1-7-9(10-11-12-7)8-5-3-2-4-6-8;1-7-9(12-11-10-7)8-5-3-2-4-6-8;1-7-9(11-12-10-7)8-5-3-2-4-6-8/h3*2-6H,1H3. The van der Waals surface area contributed by atoms with Crippen LogP contribution in [-0.2, 0) is 0 Å². The lowest BCUT2D eigenvalue weighted by Crippen LogP contribution is -1.79. The van der Waals surface area contributed by atoms with E-state index in [1.807, 2.05) is 112 Å². The fourth-order valence-electron chi connectivity index (χ4n) is 3.27. The van der Waals surface area contributed by atoms with Gasteiger partial charge >= 0.3 is 0 Å². The van der Waals surface area contributed by atoms with Gasteiger partial charge in [0.2, 0.25) is 0 Å². The number of hydrogen-bond acceptors (Lipinski definition) is 9. The third-order valence-electron chi connectivity index (χ3n) is 5.09. The molecule has 0 aliphatic heterocycles. The molecule has 3 heterocycles. The zero-order chi connectivity index (χ0) is 25.2. The summed E-state index contributed by atoms with van der Waals surface area (Å²) >= 11 is 0. The maximum absolute atomic E-state index is 4.99. The second kappa shape index (κ2) is 12.0. The van der Waals surface area contributed by atoms with E-state index in [0.29, 0.717) is 0 Å². The smallest absolute Gasteiger partial charge is 0.190 e. The molecule has 0 aliphatic carbocycles. The van der Waals surface area contributed by atoms with Crippen molar-refractivity contribution in [1.82, 2.24) is 31.1 Å². The molecule has 0 bridgehead atoms. The van der Waals surface area contributed by atoms with Crippen molar-refractivity contribution in [2.45, 2.75) is 20.8 Å². The van der Waals surface area contributed by atoms with E-state index >= 15 is 0 Å². The molecule has 3 aromatic heterocycles. The fourth-order valence-corrected chi connectivity index (χ4v) is 3.27. The molecular formula is C27H24N6O3. The van der Waals surface area contributed by atoms with E-state index in [1.54, 1.807) is 0 Å². The van der Waals surface area contributed by atoms with Crippen LogP contribution in [0.5, 0.6) is 0 Å². The van der Waals surface area contributed by atoms with E-state index in [2.05, 4.69) is 35.7 Å². The lowest BCUT2D eigenvalue weighted by atomic mass is 10.1. The summed E-state index contributed by atoms with van der Waals surface area (Å²) < 4.78 is 14.4. The van der Waals surface area contributed by atoms with Crippen molar-refractivity contribution in [3.05, 3.63) is 108 Å². The highest BCUT2D eigenvalue weighted by atomic mass is 16.6. The molecule has 0 fully saturated rings. The van der Waals surface area contributed by atoms with E-state index in [9.17, 15) is 0 Å². The monoisotopic (exact) mass is 480 g/mol. The molecule has 0 amide bonds. The highest BCUT2D eigenvalue weighted by molar-refractivity contribution is 5.60. The van der Waals surface area contributed by atoms with Crippen molar-refractivity contribution in [3.63, 3.8) is 0 Å². The van der Waals surface area contributed by atoms with Gasteiger partial charge in [0, 0.05) is 27.2 Å². The van der Waals surface area contributed by atoms with Gasteiger partial charge in [-0.1, -0.05) is 96.2 Å². The topological polar surface area (TPSA) is 117 Å². The van der Waals surface area contributed by atoms with Gasteiger partial charge in [-0.15, -0.1) is 10.2 Å². The van der Waals surface area contributed by atoms with Crippen LogP contribution in [0.25, 0.3) is 33.8 Å². The normalized spacial score (nSPS) is 10.1. The molecule has 0 saturated carbocycles. The van der Waals surface area contributed by atoms with Crippen LogP contribution in [0.1, 0.15) is 17.1 Å². The van der Waals surface area contributed by atoms with Crippen LogP contribution >= 0.6 is 0 Å². The second-order valence-corrected chi connectivity index (χ2v) is 7.66. The van der Waals surface area contributed by atoms with E-state index in [0.717, 1.165) is 51.0 Å². The molecule has 0 radical (unpaired) electrons. The first-order valence-electron chi connectivity index (χ1n) is 11.2. The van der Waals surface area contributed by atoms with Crippen molar-refractivity contribution in [2.75, 3.05) is 0 Å². The summed E-state index contributed by atoms with van der Waals surface area (Å²) in [5, 5.41) is 22.1. The van der Waals surface area contributed by atoms with Gasteiger partial charge in [-0.2, -0.15) is 0 Å². The Labute approximate surface area is 207 Å². The first-order chi connectivity index (χ1) is 17.6. The first-order valence-corrected chi connectivity index (χ1v) is 11.2. The molecule has 0 spiro atoms. The number of rotatable bonds is 3. The maximum atomic E-state index is 4.99. The van der Waals surface area contributed by atoms with Crippen molar-refractivity contribution < 1.29 is 13.7 Å². The summed E-state index contributed by atoms with van der Waals surface area (Å²) in [5.74, 6) is 1.50. The van der Waals surface area contributed by atoms with Gasteiger partial charge in [-0.3, -0.25) is 0 Å². The third-order valence-corrected chi connectivity index (χ3v) is 5.09. The Hall–Kier alpha value is -4.92. The van der Waals surface area contributed by atoms with Gasteiger partial charge in [0.05, 0.1) is 0 Å². The number of benzene rings is 3. The van der Waals surface area contributed by atoms with Crippen LogP contribution in [0, 0.1) is 20.8 Å². The van der Waals surface area contributed by atoms with Crippen LogP contribution in [0.2, 0.25) is 0 Å². The molecule has 9 heteroatoms. The SMILES string of the molecule is Cc1nnoc1-c1ccccc1.Cc1nonc1-c1ccccc1.Cc1onnc1-c1ccccc1. The number of hydrogen-bond donors (Lipinski definition) is 0. The average Bonchev–Trinajstić information content (AvgIpc) is 3.67. The third kappa shape index (κ3) is 6.15. The van der Waals surface area contributed by atoms with Gasteiger partial charge < -0.3 is 9.05 Å².